The molecule has 0 aliphatic carbocycles. The van der Waals surface area contributed by atoms with Crippen molar-refractivity contribution in [3.05, 3.63) is 101 Å². The van der Waals surface area contributed by atoms with Crippen molar-refractivity contribution in [3.63, 3.8) is 0 Å². The van der Waals surface area contributed by atoms with Crippen LogP contribution in [-0.2, 0) is 14.3 Å². The van der Waals surface area contributed by atoms with Gasteiger partial charge in [0.1, 0.15) is 0 Å². The summed E-state index contributed by atoms with van der Waals surface area (Å²) in [7, 11) is 1.43. The van der Waals surface area contributed by atoms with E-state index < -0.39 is 6.09 Å². The van der Waals surface area contributed by atoms with E-state index in [4.69, 9.17) is 26.6 Å². The lowest BCUT2D eigenvalue weighted by molar-refractivity contribution is -0.132. The number of rotatable bonds is 9. The summed E-state index contributed by atoms with van der Waals surface area (Å²) in [6, 6.07) is 21.3. The van der Waals surface area contributed by atoms with Gasteiger partial charge in [0.2, 0.25) is 17.7 Å². The maximum absolute atomic E-state index is 13.8. The number of ether oxygens (including phenoxy) is 1. The molecule has 2 heterocycles. The largest absolute Gasteiger partial charge is 0.413 e. The van der Waals surface area contributed by atoms with Crippen molar-refractivity contribution in [2.45, 2.75) is 19.8 Å². The van der Waals surface area contributed by atoms with Crippen LogP contribution in [0, 0.1) is 28.1 Å². The van der Waals surface area contributed by atoms with Crippen LogP contribution in [0.3, 0.4) is 0 Å². The first-order valence-electron chi connectivity index (χ1n) is 16.2. The molecule has 1 fully saturated rings. The monoisotopic (exact) mass is 660 g/mol. The number of alkyl carbamates (subject to hydrolysis) is 1. The summed E-state index contributed by atoms with van der Waals surface area (Å²) in [6.45, 7) is 4.81. The quantitative estimate of drug-likeness (QED) is 0.151. The highest BCUT2D eigenvalue weighted by molar-refractivity contribution is 6.14. The third-order valence-electron chi connectivity index (χ3n) is 8.96. The Balaban J connectivity index is 1.16. The Labute approximate surface area is 285 Å². The molecule has 0 aromatic heterocycles. The molecular weight excluding hydrogens is 620 g/mol. The Morgan fingerprint density at radius 3 is 2.39 bits per heavy atom. The minimum absolute atomic E-state index is 0.0232. The summed E-state index contributed by atoms with van der Waals surface area (Å²) >= 11 is 0. The van der Waals surface area contributed by atoms with Crippen LogP contribution < -0.4 is 16.0 Å². The van der Waals surface area contributed by atoms with Gasteiger partial charge in [-0.1, -0.05) is 30.3 Å². The number of carbonyl (C=O) groups excluding carboxylic acids is 3. The summed E-state index contributed by atoms with van der Waals surface area (Å²) in [5, 5.41) is 28.1. The summed E-state index contributed by atoms with van der Waals surface area (Å²) in [5.74, 6) is -0.489. The number of carbonyl (C=O) groups is 3. The fraction of sp³-hybridized carbons (Fsp3) is 0.297. The maximum Gasteiger partial charge on any atom is 0.413 e. The van der Waals surface area contributed by atoms with Gasteiger partial charge in [-0.15, -0.1) is 0 Å². The molecule has 0 radical (unpaired) electrons. The van der Waals surface area contributed by atoms with Crippen LogP contribution in [0.2, 0.25) is 0 Å². The van der Waals surface area contributed by atoms with Crippen molar-refractivity contribution in [2.24, 2.45) is 5.92 Å². The summed E-state index contributed by atoms with van der Waals surface area (Å²) < 4.78 is 4.89. The van der Waals surface area contributed by atoms with Gasteiger partial charge >= 0.3 is 6.09 Å². The lowest BCUT2D eigenvalue weighted by atomic mass is 9.98. The predicted octanol–water partition coefficient (Wildman–Crippen LogP) is 4.23. The Morgan fingerprint density at radius 2 is 1.76 bits per heavy atom. The lowest BCUT2D eigenvalue weighted by Gasteiger charge is -2.29. The smallest absolute Gasteiger partial charge is 0.398 e. The zero-order valence-corrected chi connectivity index (χ0v) is 27.7. The third kappa shape index (κ3) is 8.02. The fourth-order valence-electron chi connectivity index (χ4n) is 6.15. The average Bonchev–Trinajstić information content (AvgIpc) is 3.60. The molecule has 3 amide bonds. The number of anilines is 2. The van der Waals surface area contributed by atoms with Crippen molar-refractivity contribution in [2.75, 3.05) is 56.9 Å². The van der Waals surface area contributed by atoms with E-state index in [9.17, 15) is 14.4 Å². The van der Waals surface area contributed by atoms with E-state index in [1.807, 2.05) is 34.9 Å². The third-order valence-corrected chi connectivity index (χ3v) is 8.96. The van der Waals surface area contributed by atoms with Gasteiger partial charge in [-0.05, 0) is 79.9 Å². The predicted molar refractivity (Wildman–Crippen MR) is 189 cm³/mol. The lowest BCUT2D eigenvalue weighted by Crippen LogP contribution is -2.42. The Morgan fingerprint density at radius 1 is 1.04 bits per heavy atom. The number of hydrogen-bond acceptors (Lipinski definition) is 9. The highest BCUT2D eigenvalue weighted by Gasteiger charge is 2.33. The highest BCUT2D eigenvalue weighted by atomic mass is 16.6. The van der Waals surface area contributed by atoms with Crippen LogP contribution in [0.15, 0.2) is 72.8 Å². The first-order chi connectivity index (χ1) is 23.6. The van der Waals surface area contributed by atoms with E-state index in [2.05, 4.69) is 11.4 Å². The second-order valence-corrected chi connectivity index (χ2v) is 12.0. The van der Waals surface area contributed by atoms with Gasteiger partial charge in [0.15, 0.2) is 0 Å². The minimum Gasteiger partial charge on any atom is -0.398 e. The normalized spacial score (nSPS) is 15.9. The SMILES string of the molecule is CCN(C(=O)[C@@H]1CCN(CC(=O)N2CC=C(c3ccc(C(=N)OC(=O)NC)cc3)CC2)C1)c1ccc(N)c(C(=N)c2ccc(C#N)cc2)c1. The van der Waals surface area contributed by atoms with Crippen LogP contribution >= 0.6 is 0 Å². The number of nitrogen functional groups attached to an aromatic ring is 1. The van der Waals surface area contributed by atoms with Crippen molar-refractivity contribution in [1.82, 2.24) is 15.1 Å². The summed E-state index contributed by atoms with van der Waals surface area (Å²) in [4.78, 5) is 44.0. The molecule has 12 nitrogen and oxygen atoms in total. The zero-order chi connectivity index (χ0) is 35.1. The number of nitriles is 1. The maximum atomic E-state index is 13.8. The van der Waals surface area contributed by atoms with Gasteiger partial charge in [0, 0.05) is 61.3 Å². The number of nitrogens with zero attached hydrogens (tertiary/aromatic N) is 4. The number of hydrogen-bond donors (Lipinski definition) is 4. The number of nitrogens with two attached hydrogens (primary N) is 1. The number of amides is 3. The van der Waals surface area contributed by atoms with E-state index in [0.717, 1.165) is 11.1 Å². The minimum atomic E-state index is -0.694. The van der Waals surface area contributed by atoms with Crippen molar-refractivity contribution in [1.29, 1.82) is 16.1 Å². The molecule has 3 aromatic carbocycles. The van der Waals surface area contributed by atoms with Crippen LogP contribution in [-0.4, -0.2) is 85.6 Å². The van der Waals surface area contributed by atoms with Gasteiger partial charge in [0.25, 0.3) is 0 Å². The summed E-state index contributed by atoms with van der Waals surface area (Å²) in [6.07, 6.45) is 2.69. The molecular formula is C37H40N8O4. The van der Waals surface area contributed by atoms with Crippen LogP contribution in [0.4, 0.5) is 16.2 Å². The molecule has 252 valence electrons. The van der Waals surface area contributed by atoms with Crippen LogP contribution in [0.25, 0.3) is 5.57 Å². The van der Waals surface area contributed by atoms with Crippen molar-refractivity contribution < 1.29 is 19.1 Å². The molecule has 2 aliphatic rings. The van der Waals surface area contributed by atoms with Gasteiger partial charge in [0.05, 0.1) is 29.8 Å². The number of nitrogens with one attached hydrogen (secondary N) is 3. The number of likely N-dealkylation sites (tertiary alicyclic amines) is 1. The molecule has 2 aliphatic heterocycles. The second kappa shape index (κ2) is 15.4. The zero-order valence-electron chi connectivity index (χ0n) is 27.7. The highest BCUT2D eigenvalue weighted by Crippen LogP contribution is 2.28. The van der Waals surface area contributed by atoms with E-state index in [1.165, 1.54) is 7.05 Å². The van der Waals surface area contributed by atoms with Crippen molar-refractivity contribution >= 4 is 46.5 Å². The molecule has 0 spiro atoms. The standard InChI is InChI=1S/C37H40N8O4/c1-3-45(30-12-13-32(39)31(20-30)34(40)27-6-4-24(21-38)5-7-27)36(47)29-14-17-43(22-29)23-33(46)44-18-15-26(16-19-44)25-8-10-28(11-9-25)35(41)49-37(48)42-2/h4-13,15,20,29,40-41H,3,14,16-19,22-23,39H2,1-2H3,(H,42,48)/t29-/m1/s1. The van der Waals surface area contributed by atoms with E-state index in [-0.39, 0.29) is 35.9 Å². The first kappa shape index (κ1) is 34.5. The summed E-state index contributed by atoms with van der Waals surface area (Å²) in [5.41, 5.74) is 11.8. The topological polar surface area (TPSA) is 180 Å². The fourth-order valence-corrected chi connectivity index (χ4v) is 6.15. The Kier molecular flexibility index (Phi) is 10.9. The van der Waals surface area contributed by atoms with E-state index in [1.54, 1.807) is 59.5 Å². The van der Waals surface area contributed by atoms with Gasteiger partial charge < -0.3 is 25.6 Å². The number of benzene rings is 3. The Bertz CT molecular complexity index is 1830. The van der Waals surface area contributed by atoms with Gasteiger partial charge in [-0.25, -0.2) is 4.79 Å². The van der Waals surface area contributed by atoms with Crippen molar-refractivity contribution in [3.8, 4) is 6.07 Å². The molecule has 3 aromatic rings. The average molecular weight is 661 g/mol. The molecule has 12 heteroatoms. The van der Waals surface area contributed by atoms with Crippen LogP contribution in [0.5, 0.6) is 0 Å². The first-order valence-corrected chi connectivity index (χ1v) is 16.2. The molecule has 5 N–H and O–H groups in total. The molecule has 49 heavy (non-hydrogen) atoms. The Hall–Kier alpha value is -5.80. The molecule has 0 unspecified atom stereocenters. The molecule has 0 bridgehead atoms. The molecule has 5 rings (SSSR count). The van der Waals surface area contributed by atoms with E-state index >= 15 is 0 Å². The van der Waals surface area contributed by atoms with Crippen LogP contribution in [0.1, 0.15) is 47.6 Å². The molecule has 1 saturated heterocycles. The molecule has 1 atom stereocenters. The van der Waals surface area contributed by atoms with Gasteiger partial charge in [-0.3, -0.25) is 25.3 Å². The van der Waals surface area contributed by atoms with Gasteiger partial charge in [-0.2, -0.15) is 5.26 Å². The van der Waals surface area contributed by atoms with E-state index in [0.29, 0.717) is 79.2 Å². The second-order valence-electron chi connectivity index (χ2n) is 12.0. The molecule has 0 saturated carbocycles.